The predicted molar refractivity (Wildman–Crippen MR) is 76.3 cm³/mol. The van der Waals surface area contributed by atoms with Crippen LogP contribution in [0, 0.1) is 18.6 Å². The summed E-state index contributed by atoms with van der Waals surface area (Å²) in [5, 5.41) is 11.0. The van der Waals surface area contributed by atoms with E-state index < -0.39 is 24.1 Å². The van der Waals surface area contributed by atoms with Crippen LogP contribution in [0.2, 0.25) is 0 Å². The molecule has 115 valence electrons. The van der Waals surface area contributed by atoms with Gasteiger partial charge in [0.05, 0.1) is 0 Å². The van der Waals surface area contributed by atoms with E-state index in [1.165, 1.54) is 36.4 Å². The molecule has 0 aliphatic rings. The molecule has 0 bridgehead atoms. The maximum atomic E-state index is 13.8. The number of hydrogen-bond donors (Lipinski definition) is 2. The molecule has 1 radical (unpaired) electrons. The van der Waals surface area contributed by atoms with E-state index in [0.717, 1.165) is 0 Å². The van der Waals surface area contributed by atoms with Gasteiger partial charge in [0.2, 0.25) is 5.91 Å². The van der Waals surface area contributed by atoms with E-state index in [-0.39, 0.29) is 12.1 Å². The fraction of sp³-hybridized carbons (Fsp3) is 0.125. The zero-order valence-corrected chi connectivity index (χ0v) is 11.6. The van der Waals surface area contributed by atoms with Crippen molar-refractivity contribution in [3.05, 3.63) is 66.1 Å². The van der Waals surface area contributed by atoms with Gasteiger partial charge in [0, 0.05) is 12.1 Å². The summed E-state index contributed by atoms with van der Waals surface area (Å²) in [6, 6.07) is 7.93. The molecule has 4 nitrogen and oxygen atoms in total. The predicted octanol–water partition coefficient (Wildman–Crippen LogP) is 2.55. The Kier molecular flexibility index (Phi) is 5.06. The molecule has 0 aliphatic heterocycles. The Balaban J connectivity index is 2.20. The van der Waals surface area contributed by atoms with Gasteiger partial charge in [0.25, 0.3) is 0 Å². The summed E-state index contributed by atoms with van der Waals surface area (Å²) >= 11 is 0. The van der Waals surface area contributed by atoms with Crippen LogP contribution >= 0.6 is 0 Å². The van der Waals surface area contributed by atoms with Crippen LogP contribution in [0.5, 0.6) is 11.5 Å². The van der Waals surface area contributed by atoms with E-state index in [2.05, 4.69) is 12.2 Å². The lowest BCUT2D eigenvalue weighted by molar-refractivity contribution is -0.123. The lowest BCUT2D eigenvalue weighted by Crippen LogP contribution is -2.26. The SMILES string of the molecule is [CH2]c1cc(F)c(CNC(=O)CO)cc1Oc1ccc(F)cc1. The number of ether oxygens (including phenoxy) is 1. The Morgan fingerprint density at radius 3 is 2.55 bits per heavy atom. The molecule has 0 saturated carbocycles. The van der Waals surface area contributed by atoms with Crippen molar-refractivity contribution in [2.24, 2.45) is 0 Å². The van der Waals surface area contributed by atoms with Gasteiger partial charge in [0.1, 0.15) is 29.7 Å². The minimum atomic E-state index is -0.673. The second-order valence-electron chi connectivity index (χ2n) is 4.54. The highest BCUT2D eigenvalue weighted by molar-refractivity contribution is 5.76. The molecule has 0 heterocycles. The van der Waals surface area contributed by atoms with E-state index in [1.54, 1.807) is 0 Å². The number of hydrogen-bond acceptors (Lipinski definition) is 3. The summed E-state index contributed by atoms with van der Waals surface area (Å²) in [6.07, 6.45) is 0. The highest BCUT2D eigenvalue weighted by Crippen LogP contribution is 2.27. The molecular formula is C16H14F2NO3. The monoisotopic (exact) mass is 306 g/mol. The third-order valence-electron chi connectivity index (χ3n) is 2.89. The molecule has 6 heteroatoms. The standard InChI is InChI=1S/C16H14F2NO3/c1-10-6-14(18)11(8-19-16(21)9-20)7-15(10)22-13-4-2-12(17)3-5-13/h2-7,20H,1,8-9H2,(H,19,21). The van der Waals surface area contributed by atoms with E-state index in [9.17, 15) is 13.6 Å². The highest BCUT2D eigenvalue weighted by Gasteiger charge is 2.10. The highest BCUT2D eigenvalue weighted by atomic mass is 19.1. The van der Waals surface area contributed by atoms with Crippen molar-refractivity contribution in [2.75, 3.05) is 6.61 Å². The fourth-order valence-electron chi connectivity index (χ4n) is 1.75. The molecular weight excluding hydrogens is 292 g/mol. The van der Waals surface area contributed by atoms with Crippen molar-refractivity contribution in [2.45, 2.75) is 6.54 Å². The number of benzene rings is 2. The van der Waals surface area contributed by atoms with Crippen molar-refractivity contribution in [3.8, 4) is 11.5 Å². The molecule has 0 spiro atoms. The van der Waals surface area contributed by atoms with Crippen LogP contribution in [0.25, 0.3) is 0 Å². The second kappa shape index (κ2) is 7.00. The number of nitrogens with one attached hydrogen (secondary N) is 1. The molecule has 0 unspecified atom stereocenters. The van der Waals surface area contributed by atoms with Gasteiger partial charge >= 0.3 is 0 Å². The molecule has 2 N–H and O–H groups in total. The normalized spacial score (nSPS) is 10.4. The summed E-state index contributed by atoms with van der Waals surface area (Å²) in [6.45, 7) is 2.92. The summed E-state index contributed by atoms with van der Waals surface area (Å²) in [5.41, 5.74) is 0.505. The van der Waals surface area contributed by atoms with Crippen LogP contribution in [0.3, 0.4) is 0 Å². The molecule has 2 aromatic carbocycles. The van der Waals surface area contributed by atoms with Gasteiger partial charge in [-0.05, 0) is 48.9 Å². The molecule has 0 aromatic heterocycles. The zero-order valence-electron chi connectivity index (χ0n) is 11.6. The average Bonchev–Trinajstić information content (AvgIpc) is 2.50. The number of carbonyl (C=O) groups is 1. The fourth-order valence-corrected chi connectivity index (χ4v) is 1.75. The first-order chi connectivity index (χ1) is 10.5. The minimum Gasteiger partial charge on any atom is -0.457 e. The Morgan fingerprint density at radius 2 is 1.91 bits per heavy atom. The Labute approximate surface area is 126 Å². The van der Waals surface area contributed by atoms with Crippen molar-refractivity contribution in [1.82, 2.24) is 5.32 Å². The first kappa shape index (κ1) is 15.9. The maximum absolute atomic E-state index is 13.8. The summed E-state index contributed by atoms with van der Waals surface area (Å²) in [4.78, 5) is 11.0. The molecule has 0 saturated heterocycles. The van der Waals surface area contributed by atoms with Crippen molar-refractivity contribution < 1.29 is 23.4 Å². The minimum absolute atomic E-state index is 0.0920. The Morgan fingerprint density at radius 1 is 1.23 bits per heavy atom. The lowest BCUT2D eigenvalue weighted by Gasteiger charge is -2.12. The zero-order chi connectivity index (χ0) is 16.1. The van der Waals surface area contributed by atoms with Gasteiger partial charge in [-0.3, -0.25) is 4.79 Å². The van der Waals surface area contributed by atoms with Crippen LogP contribution in [0.1, 0.15) is 11.1 Å². The smallest absolute Gasteiger partial charge is 0.245 e. The van der Waals surface area contributed by atoms with Gasteiger partial charge < -0.3 is 15.2 Å². The van der Waals surface area contributed by atoms with Crippen LogP contribution in [-0.2, 0) is 11.3 Å². The second-order valence-corrected chi connectivity index (χ2v) is 4.54. The van der Waals surface area contributed by atoms with E-state index in [4.69, 9.17) is 9.84 Å². The van der Waals surface area contributed by atoms with Crippen molar-refractivity contribution in [3.63, 3.8) is 0 Å². The molecule has 0 atom stereocenters. The Bertz CT molecular complexity index is 672. The average molecular weight is 306 g/mol. The summed E-state index contributed by atoms with van der Waals surface area (Å²) < 4.78 is 32.2. The number of halogens is 2. The molecule has 22 heavy (non-hydrogen) atoms. The third-order valence-corrected chi connectivity index (χ3v) is 2.89. The van der Waals surface area contributed by atoms with Crippen LogP contribution in [0.4, 0.5) is 8.78 Å². The van der Waals surface area contributed by atoms with E-state index >= 15 is 0 Å². The Hall–Kier alpha value is -2.47. The van der Waals surface area contributed by atoms with E-state index in [1.807, 2.05) is 0 Å². The van der Waals surface area contributed by atoms with Crippen LogP contribution in [0.15, 0.2) is 36.4 Å². The first-order valence-corrected chi connectivity index (χ1v) is 6.45. The maximum Gasteiger partial charge on any atom is 0.245 e. The molecule has 0 fully saturated rings. The van der Waals surface area contributed by atoms with Gasteiger partial charge in [-0.2, -0.15) is 0 Å². The number of amides is 1. The summed E-state index contributed by atoms with van der Waals surface area (Å²) in [7, 11) is 0. The summed E-state index contributed by atoms with van der Waals surface area (Å²) in [5.74, 6) is -0.882. The van der Waals surface area contributed by atoms with Crippen LogP contribution < -0.4 is 10.1 Å². The number of carbonyl (C=O) groups excluding carboxylic acids is 1. The number of aliphatic hydroxyl groups is 1. The topological polar surface area (TPSA) is 58.6 Å². The lowest BCUT2D eigenvalue weighted by atomic mass is 10.1. The molecule has 2 aromatic rings. The quantitative estimate of drug-likeness (QED) is 0.892. The van der Waals surface area contributed by atoms with Gasteiger partial charge in [0.15, 0.2) is 0 Å². The molecule has 0 aliphatic carbocycles. The number of rotatable bonds is 5. The molecule has 1 amide bonds. The first-order valence-electron chi connectivity index (χ1n) is 6.45. The van der Waals surface area contributed by atoms with Crippen molar-refractivity contribution in [1.29, 1.82) is 0 Å². The van der Waals surface area contributed by atoms with Gasteiger partial charge in [-0.1, -0.05) is 0 Å². The third kappa shape index (κ3) is 4.02. The van der Waals surface area contributed by atoms with Gasteiger partial charge in [-0.25, -0.2) is 8.78 Å². The van der Waals surface area contributed by atoms with Crippen molar-refractivity contribution >= 4 is 5.91 Å². The largest absolute Gasteiger partial charge is 0.457 e. The molecule has 2 rings (SSSR count). The number of aliphatic hydroxyl groups excluding tert-OH is 1. The van der Waals surface area contributed by atoms with E-state index in [0.29, 0.717) is 17.1 Å². The van der Waals surface area contributed by atoms with Crippen LogP contribution in [-0.4, -0.2) is 17.6 Å². The van der Waals surface area contributed by atoms with Gasteiger partial charge in [-0.15, -0.1) is 0 Å².